The molecule has 0 radical (unpaired) electrons. The number of rotatable bonds is 4. The van der Waals surface area contributed by atoms with Crippen LogP contribution < -0.4 is 5.73 Å². The third kappa shape index (κ3) is 3.63. The minimum Gasteiger partial charge on any atom is -0.375 e. The summed E-state index contributed by atoms with van der Waals surface area (Å²) in [6.45, 7) is 6.11. The van der Waals surface area contributed by atoms with Crippen LogP contribution in [0.4, 0.5) is 0 Å². The molecular weight excluding hydrogens is 310 g/mol. The molecule has 3 fully saturated rings. The molecule has 2 unspecified atom stereocenters. The van der Waals surface area contributed by atoms with E-state index >= 15 is 0 Å². The number of fused-ring (bicyclic) bond motifs is 1. The second-order valence-electron chi connectivity index (χ2n) is 8.14. The Morgan fingerprint density at radius 3 is 2.56 bits per heavy atom. The van der Waals surface area contributed by atoms with Crippen molar-refractivity contribution in [2.75, 3.05) is 32.8 Å². The van der Waals surface area contributed by atoms with Crippen LogP contribution >= 0.6 is 0 Å². The summed E-state index contributed by atoms with van der Waals surface area (Å²) in [5.74, 6) is 0. The van der Waals surface area contributed by atoms with Crippen molar-refractivity contribution in [3.8, 4) is 0 Å². The fraction of sp³-hybridized carbons (Fsp3) is 0.714. The molecular formula is C21H33N3O. The number of nitrogens with zero attached hydrogens (tertiary/aromatic N) is 2. The highest BCUT2D eigenvalue weighted by Crippen LogP contribution is 2.37. The number of likely N-dealkylation sites (tertiary alicyclic amines) is 1. The van der Waals surface area contributed by atoms with Gasteiger partial charge in [0.1, 0.15) is 0 Å². The van der Waals surface area contributed by atoms with Gasteiger partial charge < -0.3 is 10.5 Å². The SMILES string of the molecule is NCC1(N2CCOC3CCCCC32)CCN(Cc2ccccc2)CC1. The summed E-state index contributed by atoms with van der Waals surface area (Å²) in [4.78, 5) is 5.38. The number of ether oxygens (including phenoxy) is 1. The number of hydrogen-bond donors (Lipinski definition) is 1. The lowest BCUT2D eigenvalue weighted by Gasteiger charge is -2.55. The molecule has 4 nitrogen and oxygen atoms in total. The second-order valence-corrected chi connectivity index (χ2v) is 8.14. The van der Waals surface area contributed by atoms with Gasteiger partial charge in [0, 0.05) is 44.3 Å². The maximum Gasteiger partial charge on any atom is 0.0731 e. The molecule has 3 aliphatic rings. The van der Waals surface area contributed by atoms with E-state index in [1.807, 2.05) is 0 Å². The molecule has 0 bridgehead atoms. The first-order chi connectivity index (χ1) is 12.3. The first-order valence-electron chi connectivity index (χ1n) is 10.2. The summed E-state index contributed by atoms with van der Waals surface area (Å²) in [6.07, 6.45) is 8.05. The van der Waals surface area contributed by atoms with Crippen LogP contribution in [0.15, 0.2) is 30.3 Å². The summed E-state index contributed by atoms with van der Waals surface area (Å²) in [5, 5.41) is 0. The van der Waals surface area contributed by atoms with Gasteiger partial charge in [-0.3, -0.25) is 9.80 Å². The monoisotopic (exact) mass is 343 g/mol. The highest BCUT2D eigenvalue weighted by atomic mass is 16.5. The maximum atomic E-state index is 6.39. The Hall–Kier alpha value is -0.940. The number of piperidine rings is 1. The Morgan fingerprint density at radius 1 is 1.04 bits per heavy atom. The smallest absolute Gasteiger partial charge is 0.0731 e. The molecule has 2 aliphatic heterocycles. The second kappa shape index (κ2) is 7.75. The van der Waals surface area contributed by atoms with Crippen LogP contribution in [0.25, 0.3) is 0 Å². The van der Waals surface area contributed by atoms with Crippen LogP contribution in [0.1, 0.15) is 44.1 Å². The number of morpholine rings is 1. The molecule has 0 spiro atoms. The van der Waals surface area contributed by atoms with E-state index in [9.17, 15) is 0 Å². The van der Waals surface area contributed by atoms with Gasteiger partial charge in [-0.15, -0.1) is 0 Å². The summed E-state index contributed by atoms with van der Waals surface area (Å²) in [5.41, 5.74) is 8.00. The summed E-state index contributed by atoms with van der Waals surface area (Å²) >= 11 is 0. The van der Waals surface area contributed by atoms with E-state index in [0.717, 1.165) is 39.3 Å². The van der Waals surface area contributed by atoms with E-state index in [0.29, 0.717) is 12.1 Å². The Labute approximate surface area is 152 Å². The highest BCUT2D eigenvalue weighted by Gasteiger charge is 2.46. The van der Waals surface area contributed by atoms with Crippen molar-refractivity contribution in [2.24, 2.45) is 5.73 Å². The lowest BCUT2D eigenvalue weighted by molar-refractivity contribution is -0.135. The van der Waals surface area contributed by atoms with Crippen LogP contribution in [0.2, 0.25) is 0 Å². The molecule has 1 aromatic carbocycles. The minimum absolute atomic E-state index is 0.192. The molecule has 0 aromatic heterocycles. The molecule has 138 valence electrons. The van der Waals surface area contributed by atoms with Crippen molar-refractivity contribution in [3.63, 3.8) is 0 Å². The van der Waals surface area contributed by atoms with Gasteiger partial charge in [0.15, 0.2) is 0 Å². The van der Waals surface area contributed by atoms with Crippen LogP contribution in [0.3, 0.4) is 0 Å². The minimum atomic E-state index is 0.192. The number of benzene rings is 1. The van der Waals surface area contributed by atoms with Gasteiger partial charge >= 0.3 is 0 Å². The molecule has 0 amide bonds. The summed E-state index contributed by atoms with van der Waals surface area (Å²) in [7, 11) is 0. The third-order valence-electron chi connectivity index (χ3n) is 6.76. The van der Waals surface area contributed by atoms with Crippen molar-refractivity contribution < 1.29 is 4.74 Å². The lowest BCUT2D eigenvalue weighted by atomic mass is 9.80. The molecule has 1 aliphatic carbocycles. The topological polar surface area (TPSA) is 41.7 Å². The molecule has 1 aromatic rings. The first kappa shape index (κ1) is 17.5. The molecule has 25 heavy (non-hydrogen) atoms. The van der Waals surface area contributed by atoms with Gasteiger partial charge in [-0.1, -0.05) is 43.2 Å². The fourth-order valence-corrected chi connectivity index (χ4v) is 5.26. The molecule has 2 heterocycles. The zero-order valence-electron chi connectivity index (χ0n) is 15.4. The van der Waals surface area contributed by atoms with Crippen LogP contribution in [-0.4, -0.2) is 60.3 Å². The molecule has 4 heteroatoms. The Bertz CT molecular complexity index is 539. The average molecular weight is 344 g/mol. The first-order valence-corrected chi connectivity index (χ1v) is 10.2. The van der Waals surface area contributed by atoms with Crippen molar-refractivity contribution in [1.82, 2.24) is 9.80 Å². The van der Waals surface area contributed by atoms with Gasteiger partial charge in [0.05, 0.1) is 12.7 Å². The molecule has 1 saturated carbocycles. The van der Waals surface area contributed by atoms with E-state index in [4.69, 9.17) is 10.5 Å². The largest absolute Gasteiger partial charge is 0.375 e. The van der Waals surface area contributed by atoms with E-state index in [1.165, 1.54) is 44.1 Å². The predicted octanol–water partition coefficient (Wildman–Crippen LogP) is 2.62. The Morgan fingerprint density at radius 2 is 1.80 bits per heavy atom. The van der Waals surface area contributed by atoms with Gasteiger partial charge in [0.2, 0.25) is 0 Å². The Balaban J connectivity index is 1.42. The van der Waals surface area contributed by atoms with Gasteiger partial charge in [-0.2, -0.15) is 0 Å². The van der Waals surface area contributed by atoms with Gasteiger partial charge in [-0.05, 0) is 31.2 Å². The predicted molar refractivity (Wildman–Crippen MR) is 101 cm³/mol. The van der Waals surface area contributed by atoms with Crippen LogP contribution in [0.5, 0.6) is 0 Å². The van der Waals surface area contributed by atoms with Gasteiger partial charge in [0.25, 0.3) is 0 Å². The van der Waals surface area contributed by atoms with Crippen molar-refractivity contribution in [3.05, 3.63) is 35.9 Å². The van der Waals surface area contributed by atoms with Crippen LogP contribution in [-0.2, 0) is 11.3 Å². The molecule has 2 atom stereocenters. The fourth-order valence-electron chi connectivity index (χ4n) is 5.26. The zero-order chi connectivity index (χ0) is 17.1. The highest BCUT2D eigenvalue weighted by molar-refractivity contribution is 5.15. The van der Waals surface area contributed by atoms with E-state index < -0.39 is 0 Å². The normalized spacial score (nSPS) is 30.8. The van der Waals surface area contributed by atoms with E-state index in [2.05, 4.69) is 40.1 Å². The third-order valence-corrected chi connectivity index (χ3v) is 6.76. The standard InChI is InChI=1S/C21H33N3O/c22-17-21(24-14-15-25-20-9-5-4-8-19(20)24)10-12-23(13-11-21)16-18-6-2-1-3-7-18/h1-3,6-7,19-20H,4-5,8-17,22H2. The van der Waals surface area contributed by atoms with Crippen molar-refractivity contribution >= 4 is 0 Å². The lowest BCUT2D eigenvalue weighted by Crippen LogP contribution is -2.67. The van der Waals surface area contributed by atoms with E-state index in [-0.39, 0.29) is 5.54 Å². The molecule has 2 N–H and O–H groups in total. The van der Waals surface area contributed by atoms with Crippen molar-refractivity contribution in [2.45, 2.75) is 62.8 Å². The van der Waals surface area contributed by atoms with Gasteiger partial charge in [-0.25, -0.2) is 0 Å². The average Bonchev–Trinajstić information content (AvgIpc) is 2.69. The molecule has 4 rings (SSSR count). The van der Waals surface area contributed by atoms with Crippen molar-refractivity contribution in [1.29, 1.82) is 0 Å². The van der Waals surface area contributed by atoms with E-state index in [1.54, 1.807) is 0 Å². The summed E-state index contributed by atoms with van der Waals surface area (Å²) < 4.78 is 6.10. The summed E-state index contributed by atoms with van der Waals surface area (Å²) in [6, 6.07) is 11.4. The number of nitrogens with two attached hydrogens (primary N) is 1. The van der Waals surface area contributed by atoms with Crippen LogP contribution in [0, 0.1) is 0 Å². The molecule has 2 saturated heterocycles. The quantitative estimate of drug-likeness (QED) is 0.912. The maximum absolute atomic E-state index is 6.39. The zero-order valence-corrected chi connectivity index (χ0v) is 15.4. The Kier molecular flexibility index (Phi) is 5.41. The number of hydrogen-bond acceptors (Lipinski definition) is 4.